The molecule has 0 spiro atoms. The smallest absolute Gasteiger partial charge is 0.248 e. The van der Waals surface area contributed by atoms with Crippen LogP contribution in [-0.4, -0.2) is 55.3 Å². The Morgan fingerprint density at radius 3 is 2.70 bits per heavy atom. The van der Waals surface area contributed by atoms with Crippen LogP contribution in [0.25, 0.3) is 10.9 Å². The number of H-pyrrole nitrogens is 1. The number of hydrogen-bond donors (Lipinski definition) is 1. The first kappa shape index (κ1) is 23.2. The standard InChI is InChI=1S/C27H35N3O3/c1-21(2)33-26-9-4-3-8-25(26)30-16-7-15-29(17-18-30)14-5-6-19-32-23-12-10-22-11-13-27(31)28-24(22)20-23/h3-4,8-13,20-21H,5-7,14-19H2,1-2H3,(H,28,31). The predicted molar refractivity (Wildman–Crippen MR) is 135 cm³/mol. The van der Waals surface area contributed by atoms with Crippen molar-refractivity contribution in [1.82, 2.24) is 9.88 Å². The zero-order valence-electron chi connectivity index (χ0n) is 19.8. The van der Waals surface area contributed by atoms with Crippen LogP contribution in [0.15, 0.2) is 59.4 Å². The molecule has 1 N–H and O–H groups in total. The molecular weight excluding hydrogens is 414 g/mol. The van der Waals surface area contributed by atoms with Crippen LogP contribution in [0.4, 0.5) is 5.69 Å². The van der Waals surface area contributed by atoms with Gasteiger partial charge >= 0.3 is 0 Å². The molecule has 4 rings (SSSR count). The third-order valence-corrected chi connectivity index (χ3v) is 5.99. The lowest BCUT2D eigenvalue weighted by Gasteiger charge is -2.26. The zero-order chi connectivity index (χ0) is 23.0. The Hall–Kier alpha value is -2.99. The summed E-state index contributed by atoms with van der Waals surface area (Å²) in [4.78, 5) is 19.4. The number of hydrogen-bond acceptors (Lipinski definition) is 5. The van der Waals surface area contributed by atoms with Crippen LogP contribution in [-0.2, 0) is 0 Å². The van der Waals surface area contributed by atoms with Crippen LogP contribution in [0, 0.1) is 0 Å². The summed E-state index contributed by atoms with van der Waals surface area (Å²) in [5.41, 5.74) is 1.93. The molecule has 0 aliphatic carbocycles. The quantitative estimate of drug-likeness (QED) is 0.481. The third-order valence-electron chi connectivity index (χ3n) is 5.99. The van der Waals surface area contributed by atoms with Crippen LogP contribution in [0.1, 0.15) is 33.1 Å². The highest BCUT2D eigenvalue weighted by molar-refractivity contribution is 5.79. The monoisotopic (exact) mass is 449 g/mol. The summed E-state index contributed by atoms with van der Waals surface area (Å²) < 4.78 is 12.0. The van der Waals surface area contributed by atoms with Gasteiger partial charge in [0.25, 0.3) is 0 Å². The number of aromatic amines is 1. The average Bonchev–Trinajstić information content (AvgIpc) is 3.04. The number of anilines is 1. The number of unbranched alkanes of at least 4 members (excludes halogenated alkanes) is 1. The summed E-state index contributed by atoms with van der Waals surface area (Å²) in [6.07, 6.45) is 3.45. The normalized spacial score (nSPS) is 15.1. The molecule has 1 saturated heterocycles. The molecule has 176 valence electrons. The molecular formula is C27H35N3O3. The first-order valence-electron chi connectivity index (χ1n) is 12.1. The van der Waals surface area contributed by atoms with Crippen LogP contribution >= 0.6 is 0 Å². The molecule has 0 unspecified atom stereocenters. The Balaban J connectivity index is 1.21. The summed E-state index contributed by atoms with van der Waals surface area (Å²) in [7, 11) is 0. The second kappa shape index (κ2) is 11.2. The molecule has 2 aromatic carbocycles. The van der Waals surface area contributed by atoms with Gasteiger partial charge in [-0.3, -0.25) is 4.79 Å². The summed E-state index contributed by atoms with van der Waals surface area (Å²) >= 11 is 0. The molecule has 1 aliphatic heterocycles. The molecule has 0 atom stereocenters. The first-order valence-corrected chi connectivity index (χ1v) is 12.1. The Labute approximate surface area is 196 Å². The lowest BCUT2D eigenvalue weighted by Crippen LogP contribution is -2.31. The molecule has 2 heterocycles. The number of fused-ring (bicyclic) bond motifs is 1. The maximum Gasteiger partial charge on any atom is 0.248 e. The van der Waals surface area contributed by atoms with Gasteiger partial charge in [-0.15, -0.1) is 0 Å². The van der Waals surface area contributed by atoms with Crippen molar-refractivity contribution in [3.05, 3.63) is 65.0 Å². The van der Waals surface area contributed by atoms with Crippen LogP contribution in [0.2, 0.25) is 0 Å². The summed E-state index contributed by atoms with van der Waals surface area (Å²) in [5.74, 6) is 1.79. The molecule has 1 aromatic heterocycles. The van der Waals surface area contributed by atoms with Gasteiger partial charge in [0.1, 0.15) is 11.5 Å². The van der Waals surface area contributed by atoms with Crippen molar-refractivity contribution in [2.24, 2.45) is 0 Å². The van der Waals surface area contributed by atoms with E-state index >= 15 is 0 Å². The molecule has 1 aliphatic rings. The summed E-state index contributed by atoms with van der Waals surface area (Å²) in [5, 5.41) is 1.01. The van der Waals surface area contributed by atoms with Crippen LogP contribution in [0.5, 0.6) is 11.5 Å². The van der Waals surface area contributed by atoms with Crippen LogP contribution in [0.3, 0.4) is 0 Å². The largest absolute Gasteiger partial charge is 0.494 e. The second-order valence-corrected chi connectivity index (χ2v) is 8.94. The minimum absolute atomic E-state index is 0.0911. The van der Waals surface area contributed by atoms with Gasteiger partial charge in [0, 0.05) is 31.8 Å². The molecule has 33 heavy (non-hydrogen) atoms. The average molecular weight is 450 g/mol. The topological polar surface area (TPSA) is 57.8 Å². The molecule has 0 saturated carbocycles. The lowest BCUT2D eigenvalue weighted by atomic mass is 10.2. The molecule has 6 heteroatoms. The third kappa shape index (κ3) is 6.51. The summed E-state index contributed by atoms with van der Waals surface area (Å²) in [6, 6.07) is 17.6. The SMILES string of the molecule is CC(C)Oc1ccccc1N1CCCN(CCCCOc2ccc3ccc(=O)[nH]c3c2)CC1. The van der Waals surface area contributed by atoms with E-state index in [1.807, 2.05) is 30.3 Å². The zero-order valence-corrected chi connectivity index (χ0v) is 19.8. The number of para-hydroxylation sites is 2. The molecule has 0 bridgehead atoms. The van der Waals surface area contributed by atoms with Gasteiger partial charge in [-0.25, -0.2) is 0 Å². The van der Waals surface area contributed by atoms with Gasteiger partial charge in [-0.2, -0.15) is 0 Å². The van der Waals surface area contributed by atoms with Crippen molar-refractivity contribution < 1.29 is 9.47 Å². The fraction of sp³-hybridized carbons (Fsp3) is 0.444. The Kier molecular flexibility index (Phi) is 7.89. The van der Waals surface area contributed by atoms with E-state index in [0.29, 0.717) is 6.61 Å². The van der Waals surface area contributed by atoms with Gasteiger partial charge in [-0.05, 0) is 81.9 Å². The van der Waals surface area contributed by atoms with E-state index in [1.165, 1.54) is 5.69 Å². The van der Waals surface area contributed by atoms with Crippen molar-refractivity contribution in [3.8, 4) is 11.5 Å². The van der Waals surface area contributed by atoms with Gasteiger partial charge in [0.05, 0.1) is 23.9 Å². The van der Waals surface area contributed by atoms with Crippen molar-refractivity contribution in [2.75, 3.05) is 44.2 Å². The minimum Gasteiger partial charge on any atom is -0.494 e. The number of aromatic nitrogens is 1. The number of nitrogens with one attached hydrogen (secondary N) is 1. The van der Waals surface area contributed by atoms with Crippen LogP contribution < -0.4 is 19.9 Å². The van der Waals surface area contributed by atoms with Crippen molar-refractivity contribution >= 4 is 16.6 Å². The molecule has 0 radical (unpaired) electrons. The molecule has 1 fully saturated rings. The van der Waals surface area contributed by atoms with E-state index in [1.54, 1.807) is 6.07 Å². The van der Waals surface area contributed by atoms with Gasteiger partial charge < -0.3 is 24.3 Å². The molecule has 3 aromatic rings. The minimum atomic E-state index is -0.0911. The highest BCUT2D eigenvalue weighted by Gasteiger charge is 2.18. The number of rotatable bonds is 9. The van der Waals surface area contributed by atoms with Gasteiger partial charge in [-0.1, -0.05) is 12.1 Å². The fourth-order valence-corrected chi connectivity index (χ4v) is 4.35. The first-order chi connectivity index (χ1) is 16.1. The fourth-order valence-electron chi connectivity index (χ4n) is 4.35. The van der Waals surface area contributed by atoms with E-state index in [0.717, 1.165) is 74.4 Å². The highest BCUT2D eigenvalue weighted by atomic mass is 16.5. The van der Waals surface area contributed by atoms with E-state index < -0.39 is 0 Å². The highest BCUT2D eigenvalue weighted by Crippen LogP contribution is 2.29. The van der Waals surface area contributed by atoms with E-state index in [9.17, 15) is 4.79 Å². The number of nitrogens with zero attached hydrogens (tertiary/aromatic N) is 2. The second-order valence-electron chi connectivity index (χ2n) is 8.94. The summed E-state index contributed by atoms with van der Waals surface area (Å²) in [6.45, 7) is 10.2. The maximum absolute atomic E-state index is 11.5. The maximum atomic E-state index is 11.5. The van der Waals surface area contributed by atoms with E-state index in [2.05, 4.69) is 46.8 Å². The van der Waals surface area contributed by atoms with Gasteiger partial charge in [0.2, 0.25) is 5.56 Å². The number of pyridine rings is 1. The van der Waals surface area contributed by atoms with E-state index in [4.69, 9.17) is 9.47 Å². The Morgan fingerprint density at radius 2 is 1.82 bits per heavy atom. The van der Waals surface area contributed by atoms with E-state index in [-0.39, 0.29) is 11.7 Å². The predicted octanol–water partition coefficient (Wildman–Crippen LogP) is 4.69. The Bertz CT molecular complexity index is 1100. The van der Waals surface area contributed by atoms with Gasteiger partial charge in [0.15, 0.2) is 0 Å². The molecule has 6 nitrogen and oxygen atoms in total. The van der Waals surface area contributed by atoms with Crippen molar-refractivity contribution in [1.29, 1.82) is 0 Å². The molecule has 0 amide bonds. The van der Waals surface area contributed by atoms with Crippen molar-refractivity contribution in [3.63, 3.8) is 0 Å². The lowest BCUT2D eigenvalue weighted by molar-refractivity contribution is 0.242. The Morgan fingerprint density at radius 1 is 0.970 bits per heavy atom. The van der Waals surface area contributed by atoms with Crippen molar-refractivity contribution in [2.45, 2.75) is 39.2 Å². The number of benzene rings is 2. The number of ether oxygens (including phenoxy) is 2.